The predicted octanol–water partition coefficient (Wildman–Crippen LogP) is 2.74. The van der Waals surface area contributed by atoms with Crippen molar-refractivity contribution in [2.24, 2.45) is 0 Å². The van der Waals surface area contributed by atoms with Crippen molar-refractivity contribution in [1.29, 1.82) is 0 Å². The van der Waals surface area contributed by atoms with Gasteiger partial charge in [-0.3, -0.25) is 24.0 Å². The van der Waals surface area contributed by atoms with Crippen LogP contribution in [0.1, 0.15) is 32.3 Å². The van der Waals surface area contributed by atoms with Crippen LogP contribution in [0.15, 0.2) is 54.6 Å². The van der Waals surface area contributed by atoms with E-state index in [-0.39, 0.29) is 23.8 Å². The van der Waals surface area contributed by atoms with Gasteiger partial charge in [0.2, 0.25) is 21.8 Å². The molecule has 10 nitrogen and oxygen atoms in total. The van der Waals surface area contributed by atoms with E-state index in [0.717, 1.165) is 28.6 Å². The van der Waals surface area contributed by atoms with Crippen LogP contribution in [-0.2, 0) is 26.0 Å². The normalized spacial score (nSPS) is 12.0. The molecular weight excluding hydrogens is 472 g/mol. The average Bonchev–Trinajstić information content (AvgIpc) is 2.83. The zero-order valence-corrected chi connectivity index (χ0v) is 21.0. The third-order valence-electron chi connectivity index (χ3n) is 5.43. The van der Waals surface area contributed by atoms with Crippen LogP contribution in [0.25, 0.3) is 0 Å². The highest BCUT2D eigenvalue weighted by atomic mass is 32.2. The van der Waals surface area contributed by atoms with Crippen LogP contribution in [-0.4, -0.2) is 62.0 Å². The Bertz CT molecular complexity index is 1120. The molecule has 0 fully saturated rings. The van der Waals surface area contributed by atoms with Crippen LogP contribution in [0.3, 0.4) is 0 Å². The van der Waals surface area contributed by atoms with Crippen LogP contribution >= 0.6 is 0 Å². The molecule has 2 aromatic rings. The van der Waals surface area contributed by atoms with E-state index in [2.05, 4.69) is 5.32 Å². The molecule has 2 aromatic carbocycles. The van der Waals surface area contributed by atoms with Crippen molar-refractivity contribution in [3.8, 4) is 0 Å². The Morgan fingerprint density at radius 3 is 2.34 bits per heavy atom. The number of carbonyl (C=O) groups excluding carboxylic acids is 2. The van der Waals surface area contributed by atoms with Gasteiger partial charge in [-0.05, 0) is 30.9 Å². The van der Waals surface area contributed by atoms with Crippen molar-refractivity contribution in [3.63, 3.8) is 0 Å². The molecule has 0 aliphatic carbocycles. The van der Waals surface area contributed by atoms with E-state index in [1.807, 2.05) is 37.3 Å². The molecule has 190 valence electrons. The van der Waals surface area contributed by atoms with Gasteiger partial charge in [-0.25, -0.2) is 8.42 Å². The number of nitrogens with one attached hydrogen (secondary N) is 1. The lowest BCUT2D eigenvalue weighted by Crippen LogP contribution is -2.53. The number of carbonyl (C=O) groups is 2. The molecule has 2 amide bonds. The van der Waals surface area contributed by atoms with Crippen molar-refractivity contribution < 1.29 is 22.9 Å². The molecule has 0 aromatic heterocycles. The zero-order chi connectivity index (χ0) is 26.0. The summed E-state index contributed by atoms with van der Waals surface area (Å²) in [6.07, 6.45) is 2.47. The second kappa shape index (κ2) is 12.8. The Morgan fingerprint density at radius 2 is 1.77 bits per heavy atom. The fourth-order valence-electron chi connectivity index (χ4n) is 3.64. The second-order valence-corrected chi connectivity index (χ2v) is 9.99. The zero-order valence-electron chi connectivity index (χ0n) is 20.2. The number of nitro benzene ring substituents is 1. The molecule has 0 heterocycles. The first-order valence-corrected chi connectivity index (χ1v) is 13.3. The number of amides is 2. The third-order valence-corrected chi connectivity index (χ3v) is 6.57. The lowest BCUT2D eigenvalue weighted by atomic mass is 10.1. The Balaban J connectivity index is 2.38. The minimum atomic E-state index is -3.96. The molecule has 0 bridgehead atoms. The maximum atomic E-state index is 13.5. The molecule has 1 N–H and O–H groups in total. The fourth-order valence-corrected chi connectivity index (χ4v) is 4.48. The first-order valence-electron chi connectivity index (χ1n) is 11.4. The number of hydrogen-bond donors (Lipinski definition) is 1. The SMILES string of the molecule is CCCNC(=O)[C@H](CC)N(CCc1ccccc1)C(=O)CN(c1cccc([N+](=O)[O-])c1)S(C)(=O)=O. The van der Waals surface area contributed by atoms with Crippen LogP contribution < -0.4 is 9.62 Å². The number of benzene rings is 2. The smallest absolute Gasteiger partial charge is 0.271 e. The van der Waals surface area contributed by atoms with Gasteiger partial charge in [0, 0.05) is 25.2 Å². The molecular formula is C24H32N4O6S. The molecule has 0 aliphatic rings. The lowest BCUT2D eigenvalue weighted by molar-refractivity contribution is -0.384. The molecule has 0 aliphatic heterocycles. The van der Waals surface area contributed by atoms with Crippen LogP contribution in [0.5, 0.6) is 0 Å². The van der Waals surface area contributed by atoms with Crippen LogP contribution in [0.4, 0.5) is 11.4 Å². The van der Waals surface area contributed by atoms with Gasteiger partial charge in [0.1, 0.15) is 12.6 Å². The summed E-state index contributed by atoms with van der Waals surface area (Å²) < 4.78 is 26.0. The van der Waals surface area contributed by atoms with E-state index >= 15 is 0 Å². The van der Waals surface area contributed by atoms with Crippen LogP contribution in [0, 0.1) is 10.1 Å². The highest BCUT2D eigenvalue weighted by Crippen LogP contribution is 2.23. The van der Waals surface area contributed by atoms with E-state index in [1.54, 1.807) is 6.92 Å². The van der Waals surface area contributed by atoms with Gasteiger partial charge in [0.05, 0.1) is 16.9 Å². The van der Waals surface area contributed by atoms with Crippen molar-refractivity contribution in [1.82, 2.24) is 10.2 Å². The van der Waals surface area contributed by atoms with Crippen molar-refractivity contribution >= 4 is 33.2 Å². The maximum absolute atomic E-state index is 13.5. The van der Waals surface area contributed by atoms with Crippen LogP contribution in [0.2, 0.25) is 0 Å². The minimum Gasteiger partial charge on any atom is -0.354 e. The van der Waals surface area contributed by atoms with Gasteiger partial charge in [-0.2, -0.15) is 0 Å². The highest BCUT2D eigenvalue weighted by Gasteiger charge is 2.31. The summed E-state index contributed by atoms with van der Waals surface area (Å²) in [6, 6.07) is 13.8. The van der Waals surface area contributed by atoms with Gasteiger partial charge in [0.15, 0.2) is 0 Å². The summed E-state index contributed by atoms with van der Waals surface area (Å²) in [5.74, 6) is -0.881. The molecule has 0 radical (unpaired) electrons. The summed E-state index contributed by atoms with van der Waals surface area (Å²) in [5, 5.41) is 14.0. The standard InChI is InChI=1S/C24H32N4O6S/c1-4-15-25-24(30)22(5-2)26(16-14-19-10-7-6-8-11-19)23(29)18-27(35(3,33)34)20-12-9-13-21(17-20)28(31)32/h6-13,17,22H,4-5,14-16,18H2,1-3H3,(H,25,30)/t22-/m0/s1. The Hall–Kier alpha value is -3.47. The molecule has 11 heteroatoms. The molecule has 35 heavy (non-hydrogen) atoms. The summed E-state index contributed by atoms with van der Waals surface area (Å²) >= 11 is 0. The van der Waals surface area contributed by atoms with Gasteiger partial charge >= 0.3 is 0 Å². The second-order valence-electron chi connectivity index (χ2n) is 8.08. The Morgan fingerprint density at radius 1 is 1.09 bits per heavy atom. The quantitative estimate of drug-likeness (QED) is 0.330. The third kappa shape index (κ3) is 8.06. The lowest BCUT2D eigenvalue weighted by Gasteiger charge is -2.32. The largest absolute Gasteiger partial charge is 0.354 e. The first kappa shape index (κ1) is 27.8. The van der Waals surface area contributed by atoms with E-state index in [1.165, 1.54) is 23.1 Å². The number of non-ortho nitro benzene ring substituents is 1. The van der Waals surface area contributed by atoms with Gasteiger partial charge < -0.3 is 10.2 Å². The molecule has 0 spiro atoms. The maximum Gasteiger partial charge on any atom is 0.271 e. The predicted molar refractivity (Wildman–Crippen MR) is 135 cm³/mol. The molecule has 1 atom stereocenters. The van der Waals surface area contributed by atoms with Gasteiger partial charge in [0.25, 0.3) is 5.69 Å². The molecule has 0 saturated heterocycles. The van der Waals surface area contributed by atoms with E-state index in [9.17, 15) is 28.1 Å². The topological polar surface area (TPSA) is 130 Å². The first-order chi connectivity index (χ1) is 16.6. The summed E-state index contributed by atoms with van der Waals surface area (Å²) in [6.45, 7) is 3.77. The van der Waals surface area contributed by atoms with E-state index < -0.39 is 33.4 Å². The summed E-state index contributed by atoms with van der Waals surface area (Å²) in [7, 11) is -3.96. The molecule has 0 saturated carbocycles. The highest BCUT2D eigenvalue weighted by molar-refractivity contribution is 7.92. The fraction of sp³-hybridized carbons (Fsp3) is 0.417. The number of nitrogens with zero attached hydrogens (tertiary/aromatic N) is 3. The Kier molecular flexibility index (Phi) is 10.2. The van der Waals surface area contributed by atoms with E-state index in [0.29, 0.717) is 19.4 Å². The van der Waals surface area contributed by atoms with Gasteiger partial charge in [-0.15, -0.1) is 0 Å². The number of anilines is 1. The number of nitro groups is 1. The Labute approximate surface area is 206 Å². The summed E-state index contributed by atoms with van der Waals surface area (Å²) in [4.78, 5) is 38.3. The monoisotopic (exact) mass is 504 g/mol. The molecule has 2 rings (SSSR count). The van der Waals surface area contributed by atoms with Crippen molar-refractivity contribution in [2.45, 2.75) is 39.2 Å². The van der Waals surface area contributed by atoms with Gasteiger partial charge in [-0.1, -0.05) is 50.2 Å². The minimum absolute atomic E-state index is 0.00143. The van der Waals surface area contributed by atoms with Crippen molar-refractivity contribution in [2.75, 3.05) is 30.2 Å². The van der Waals surface area contributed by atoms with E-state index in [4.69, 9.17) is 0 Å². The number of hydrogen-bond acceptors (Lipinski definition) is 6. The van der Waals surface area contributed by atoms with Crippen molar-refractivity contribution in [3.05, 3.63) is 70.3 Å². The number of sulfonamides is 1. The molecule has 0 unspecified atom stereocenters. The average molecular weight is 505 g/mol. The summed E-state index contributed by atoms with van der Waals surface area (Å²) in [5.41, 5.74) is 0.671. The number of rotatable bonds is 13.